The molecule has 1 aromatic heterocycles. The number of carbonyl (C=O) groups excluding carboxylic acids is 2. The van der Waals surface area contributed by atoms with E-state index in [0.717, 1.165) is 69.8 Å². The van der Waals surface area contributed by atoms with Gasteiger partial charge in [-0.25, -0.2) is 9.97 Å². The van der Waals surface area contributed by atoms with Crippen LogP contribution in [0.4, 0.5) is 5.95 Å². The Hall–Kier alpha value is -2.18. The number of fused-ring (bicyclic) bond motifs is 1. The standard InChI is InChI=1S/C22H31N5O2/c1-14-3-2-4-17-18(14)11-19(25-20(17)28)16-12-23-22(24-13-16)27-9-7-26(8-10-27)21(29)15-5-6-15/h12-15,17-19H,2-11H2,1H3,(H,25,28). The van der Waals surface area contributed by atoms with Crippen LogP contribution >= 0.6 is 0 Å². The maximum Gasteiger partial charge on any atom is 0.225 e. The fraction of sp³-hybridized carbons (Fsp3) is 0.727. The highest BCUT2D eigenvalue weighted by Gasteiger charge is 2.41. The zero-order chi connectivity index (χ0) is 20.0. The lowest BCUT2D eigenvalue weighted by atomic mass is 9.67. The van der Waals surface area contributed by atoms with E-state index in [2.05, 4.69) is 27.1 Å². The van der Waals surface area contributed by atoms with Gasteiger partial charge in [0.2, 0.25) is 17.8 Å². The van der Waals surface area contributed by atoms with Crippen molar-refractivity contribution in [3.63, 3.8) is 0 Å². The Morgan fingerprint density at radius 3 is 2.48 bits per heavy atom. The molecule has 4 fully saturated rings. The van der Waals surface area contributed by atoms with Crippen LogP contribution in [0.25, 0.3) is 0 Å². The Bertz CT molecular complexity index is 770. The van der Waals surface area contributed by atoms with Gasteiger partial charge < -0.3 is 15.1 Å². The molecule has 0 bridgehead atoms. The number of anilines is 1. The van der Waals surface area contributed by atoms with Crippen molar-refractivity contribution in [3.05, 3.63) is 18.0 Å². The van der Waals surface area contributed by atoms with E-state index in [0.29, 0.717) is 17.7 Å². The summed E-state index contributed by atoms with van der Waals surface area (Å²) in [4.78, 5) is 38.2. The van der Waals surface area contributed by atoms with Crippen molar-refractivity contribution in [2.45, 2.75) is 51.5 Å². The highest BCUT2D eigenvalue weighted by Crippen LogP contribution is 2.43. The van der Waals surface area contributed by atoms with Crippen LogP contribution in [0, 0.1) is 23.7 Å². The average Bonchev–Trinajstić information content (AvgIpc) is 3.60. The first-order chi connectivity index (χ1) is 14.1. The number of rotatable bonds is 3. The number of nitrogens with zero attached hydrogens (tertiary/aromatic N) is 4. The molecular formula is C22H31N5O2. The minimum absolute atomic E-state index is 0.0198. The number of piperazine rings is 1. The summed E-state index contributed by atoms with van der Waals surface area (Å²) in [5.41, 5.74) is 1.00. The van der Waals surface area contributed by atoms with E-state index >= 15 is 0 Å². The Morgan fingerprint density at radius 2 is 1.79 bits per heavy atom. The van der Waals surface area contributed by atoms with E-state index in [1.165, 1.54) is 6.42 Å². The van der Waals surface area contributed by atoms with E-state index in [1.54, 1.807) is 0 Å². The second-order valence-electron chi connectivity index (χ2n) is 9.38. The van der Waals surface area contributed by atoms with E-state index in [9.17, 15) is 9.59 Å². The lowest BCUT2D eigenvalue weighted by Gasteiger charge is -2.42. The summed E-state index contributed by atoms with van der Waals surface area (Å²) in [6, 6.07) is 0.0198. The number of hydrogen-bond donors (Lipinski definition) is 1. The number of carbonyl (C=O) groups is 2. The zero-order valence-corrected chi connectivity index (χ0v) is 17.2. The van der Waals surface area contributed by atoms with Crippen LogP contribution in [-0.4, -0.2) is 52.9 Å². The predicted octanol–water partition coefficient (Wildman–Crippen LogP) is 2.15. The van der Waals surface area contributed by atoms with Gasteiger partial charge in [0.05, 0.1) is 6.04 Å². The third-order valence-corrected chi connectivity index (χ3v) is 7.44. The first-order valence-electron chi connectivity index (χ1n) is 11.3. The van der Waals surface area contributed by atoms with Crippen molar-refractivity contribution in [1.29, 1.82) is 0 Å². The van der Waals surface area contributed by atoms with Crippen LogP contribution in [0.2, 0.25) is 0 Å². The Morgan fingerprint density at radius 1 is 1.07 bits per heavy atom. The monoisotopic (exact) mass is 397 g/mol. The molecule has 3 heterocycles. The lowest BCUT2D eigenvalue weighted by molar-refractivity contribution is -0.133. The van der Waals surface area contributed by atoms with Crippen LogP contribution in [0.15, 0.2) is 12.4 Å². The van der Waals surface area contributed by atoms with Gasteiger partial charge in [0.15, 0.2) is 0 Å². The van der Waals surface area contributed by atoms with Crippen LogP contribution in [-0.2, 0) is 9.59 Å². The Balaban J connectivity index is 1.21. The molecule has 2 saturated heterocycles. The van der Waals surface area contributed by atoms with Crippen molar-refractivity contribution in [1.82, 2.24) is 20.2 Å². The molecular weight excluding hydrogens is 366 g/mol. The highest BCUT2D eigenvalue weighted by molar-refractivity contribution is 5.81. The lowest BCUT2D eigenvalue weighted by Crippen LogP contribution is -2.49. The molecule has 2 amide bonds. The normalized spacial score (nSPS) is 32.5. The molecule has 0 radical (unpaired) electrons. The fourth-order valence-electron chi connectivity index (χ4n) is 5.43. The molecule has 156 valence electrons. The summed E-state index contributed by atoms with van der Waals surface area (Å²) in [6.45, 7) is 5.35. The molecule has 4 aliphatic rings. The van der Waals surface area contributed by atoms with Crippen molar-refractivity contribution in [2.75, 3.05) is 31.1 Å². The topological polar surface area (TPSA) is 78.4 Å². The minimum atomic E-state index is 0.0198. The van der Waals surface area contributed by atoms with Gasteiger partial charge >= 0.3 is 0 Å². The van der Waals surface area contributed by atoms with E-state index in [4.69, 9.17) is 0 Å². The Labute approximate surface area is 172 Å². The number of nitrogens with one attached hydrogen (secondary N) is 1. The van der Waals surface area contributed by atoms with E-state index < -0.39 is 0 Å². The molecule has 0 spiro atoms. The predicted molar refractivity (Wildman–Crippen MR) is 109 cm³/mol. The van der Waals surface area contributed by atoms with Gasteiger partial charge in [0.1, 0.15) is 0 Å². The molecule has 4 atom stereocenters. The van der Waals surface area contributed by atoms with Gasteiger partial charge in [-0.15, -0.1) is 0 Å². The summed E-state index contributed by atoms with van der Waals surface area (Å²) in [5.74, 6) is 2.80. The van der Waals surface area contributed by atoms with Crippen LogP contribution < -0.4 is 10.2 Å². The van der Waals surface area contributed by atoms with E-state index in [-0.39, 0.29) is 23.8 Å². The van der Waals surface area contributed by atoms with Crippen molar-refractivity contribution in [3.8, 4) is 0 Å². The third kappa shape index (κ3) is 3.71. The third-order valence-electron chi connectivity index (χ3n) is 7.44. The Kier molecular flexibility index (Phi) is 4.92. The molecule has 1 N–H and O–H groups in total. The van der Waals surface area contributed by atoms with Crippen LogP contribution in [0.3, 0.4) is 0 Å². The van der Waals surface area contributed by atoms with Gasteiger partial charge in [-0.2, -0.15) is 0 Å². The summed E-state index contributed by atoms with van der Waals surface area (Å²) < 4.78 is 0. The molecule has 2 aliphatic carbocycles. The average molecular weight is 398 g/mol. The second-order valence-corrected chi connectivity index (χ2v) is 9.38. The number of amides is 2. The first-order valence-corrected chi connectivity index (χ1v) is 11.3. The molecule has 5 rings (SSSR count). The molecule has 0 aromatic carbocycles. The van der Waals surface area contributed by atoms with Crippen LogP contribution in [0.5, 0.6) is 0 Å². The smallest absolute Gasteiger partial charge is 0.225 e. The molecule has 2 saturated carbocycles. The molecule has 7 heteroatoms. The molecule has 7 nitrogen and oxygen atoms in total. The van der Waals surface area contributed by atoms with Crippen LogP contribution in [0.1, 0.15) is 57.1 Å². The quantitative estimate of drug-likeness (QED) is 0.846. The summed E-state index contributed by atoms with van der Waals surface area (Å²) in [7, 11) is 0. The number of aromatic nitrogens is 2. The van der Waals surface area contributed by atoms with Crippen molar-refractivity contribution < 1.29 is 9.59 Å². The van der Waals surface area contributed by atoms with Gasteiger partial charge in [-0.05, 0) is 37.5 Å². The van der Waals surface area contributed by atoms with Gasteiger partial charge in [0.25, 0.3) is 0 Å². The summed E-state index contributed by atoms with van der Waals surface area (Å²) >= 11 is 0. The largest absolute Gasteiger partial charge is 0.349 e. The zero-order valence-electron chi connectivity index (χ0n) is 17.2. The maximum absolute atomic E-state index is 12.6. The summed E-state index contributed by atoms with van der Waals surface area (Å²) in [6.07, 6.45) is 10.3. The molecule has 29 heavy (non-hydrogen) atoms. The molecule has 2 aliphatic heterocycles. The van der Waals surface area contributed by atoms with Gasteiger partial charge in [-0.1, -0.05) is 19.8 Å². The first kappa shape index (κ1) is 18.8. The van der Waals surface area contributed by atoms with Gasteiger partial charge in [-0.3, -0.25) is 9.59 Å². The summed E-state index contributed by atoms with van der Waals surface area (Å²) in [5, 5.41) is 3.21. The molecule has 4 unspecified atom stereocenters. The van der Waals surface area contributed by atoms with E-state index in [1.807, 2.05) is 17.3 Å². The fourth-order valence-corrected chi connectivity index (χ4v) is 5.43. The molecule has 1 aromatic rings. The maximum atomic E-state index is 12.6. The number of piperidine rings is 1. The van der Waals surface area contributed by atoms with Crippen molar-refractivity contribution >= 4 is 17.8 Å². The highest BCUT2D eigenvalue weighted by atomic mass is 16.2. The second kappa shape index (κ2) is 7.58. The van der Waals surface area contributed by atoms with Crippen molar-refractivity contribution in [2.24, 2.45) is 23.7 Å². The SMILES string of the molecule is CC1CCCC2C(=O)NC(c3cnc(N4CCN(C(=O)C5CC5)CC4)nc3)CC12. The number of hydrogen-bond acceptors (Lipinski definition) is 5. The minimum Gasteiger partial charge on any atom is -0.349 e. The van der Waals surface area contributed by atoms with Gasteiger partial charge in [0, 0.05) is 56.0 Å².